The van der Waals surface area contributed by atoms with E-state index in [1.165, 1.54) is 38.8 Å². The maximum absolute atomic E-state index is 5.81. The lowest BCUT2D eigenvalue weighted by atomic mass is 10.2. The van der Waals surface area contributed by atoms with Crippen molar-refractivity contribution in [3.63, 3.8) is 0 Å². The van der Waals surface area contributed by atoms with Crippen LogP contribution in [0.25, 0.3) is 0 Å². The third-order valence-corrected chi connectivity index (χ3v) is 5.33. The molecule has 2 fully saturated rings. The molecule has 0 N–H and O–H groups in total. The van der Waals surface area contributed by atoms with Crippen molar-refractivity contribution in [2.45, 2.75) is 37.6 Å². The molecule has 100 valence electrons. The summed E-state index contributed by atoms with van der Waals surface area (Å²) in [7, 11) is 0. The number of thiazole rings is 1. The van der Waals surface area contributed by atoms with E-state index in [0.717, 1.165) is 30.0 Å². The summed E-state index contributed by atoms with van der Waals surface area (Å²) in [6.45, 7) is 4.62. The molecule has 1 aliphatic heterocycles. The Morgan fingerprint density at radius 2 is 1.94 bits per heavy atom. The molecule has 0 spiro atoms. The lowest BCUT2D eigenvalue weighted by Gasteiger charge is -2.37. The first-order valence-corrected chi connectivity index (χ1v) is 8.27. The van der Waals surface area contributed by atoms with E-state index in [-0.39, 0.29) is 0 Å². The zero-order chi connectivity index (χ0) is 12.4. The highest BCUT2D eigenvalue weighted by Crippen LogP contribution is 2.27. The van der Waals surface area contributed by atoms with Gasteiger partial charge in [-0.3, -0.25) is 4.90 Å². The van der Waals surface area contributed by atoms with Gasteiger partial charge in [0.05, 0.1) is 11.6 Å². The normalized spacial score (nSPS) is 22.8. The van der Waals surface area contributed by atoms with Gasteiger partial charge in [-0.15, -0.1) is 22.9 Å². The summed E-state index contributed by atoms with van der Waals surface area (Å²) >= 11 is 7.53. The largest absolute Gasteiger partial charge is 0.346 e. The van der Waals surface area contributed by atoms with Crippen molar-refractivity contribution in [2.24, 2.45) is 0 Å². The zero-order valence-corrected chi connectivity index (χ0v) is 12.2. The lowest BCUT2D eigenvalue weighted by molar-refractivity contribution is 0.187. The van der Waals surface area contributed by atoms with Crippen molar-refractivity contribution in [2.75, 3.05) is 31.1 Å². The molecule has 18 heavy (non-hydrogen) atoms. The second-order valence-corrected chi connectivity index (χ2v) is 6.32. The zero-order valence-electron chi connectivity index (χ0n) is 10.6. The predicted molar refractivity (Wildman–Crippen MR) is 77.7 cm³/mol. The van der Waals surface area contributed by atoms with Gasteiger partial charge in [0, 0.05) is 37.6 Å². The molecule has 0 atom stereocenters. The third kappa shape index (κ3) is 2.65. The molecule has 3 rings (SSSR count). The lowest BCUT2D eigenvalue weighted by Crippen LogP contribution is -2.49. The van der Waals surface area contributed by atoms with Gasteiger partial charge >= 0.3 is 0 Å². The van der Waals surface area contributed by atoms with E-state index in [1.807, 2.05) is 0 Å². The standard InChI is InChI=1S/C13H20ClN3S/c14-9-11-10-18-13(15-11)17-7-5-16(6-8-17)12-3-1-2-4-12/h10,12H,1-9H2. The first-order chi connectivity index (χ1) is 8.86. The van der Waals surface area contributed by atoms with Crippen LogP contribution in [0.15, 0.2) is 5.38 Å². The van der Waals surface area contributed by atoms with E-state index < -0.39 is 0 Å². The van der Waals surface area contributed by atoms with Crippen LogP contribution in [0.2, 0.25) is 0 Å². The van der Waals surface area contributed by atoms with Gasteiger partial charge in [0.2, 0.25) is 0 Å². The van der Waals surface area contributed by atoms with Gasteiger partial charge in [-0.25, -0.2) is 4.98 Å². The van der Waals surface area contributed by atoms with Gasteiger partial charge in [0.25, 0.3) is 0 Å². The monoisotopic (exact) mass is 285 g/mol. The summed E-state index contributed by atoms with van der Waals surface area (Å²) in [5, 5.41) is 3.22. The van der Waals surface area contributed by atoms with Gasteiger partial charge in [0.15, 0.2) is 5.13 Å². The van der Waals surface area contributed by atoms with Crippen LogP contribution in [0.4, 0.5) is 5.13 Å². The van der Waals surface area contributed by atoms with Crippen LogP contribution < -0.4 is 4.90 Å². The fourth-order valence-corrected chi connectivity index (χ4v) is 4.16. The van der Waals surface area contributed by atoms with E-state index in [4.69, 9.17) is 11.6 Å². The summed E-state index contributed by atoms with van der Waals surface area (Å²) < 4.78 is 0. The van der Waals surface area contributed by atoms with Crippen LogP contribution in [0, 0.1) is 0 Å². The van der Waals surface area contributed by atoms with Gasteiger partial charge in [-0.1, -0.05) is 12.8 Å². The van der Waals surface area contributed by atoms with E-state index in [2.05, 4.69) is 20.2 Å². The Kier molecular flexibility index (Phi) is 4.07. The number of aromatic nitrogens is 1. The third-order valence-electron chi connectivity index (χ3n) is 4.10. The molecular weight excluding hydrogens is 266 g/mol. The SMILES string of the molecule is ClCc1csc(N2CCN(C3CCCC3)CC2)n1. The Balaban J connectivity index is 1.55. The highest BCUT2D eigenvalue weighted by atomic mass is 35.5. The van der Waals surface area contributed by atoms with Gasteiger partial charge < -0.3 is 4.90 Å². The Labute approximate surface area is 118 Å². The van der Waals surface area contributed by atoms with Crippen molar-refractivity contribution < 1.29 is 0 Å². The van der Waals surface area contributed by atoms with Crippen molar-refractivity contribution in [3.8, 4) is 0 Å². The summed E-state index contributed by atoms with van der Waals surface area (Å²) in [4.78, 5) is 9.66. The highest BCUT2D eigenvalue weighted by molar-refractivity contribution is 7.13. The summed E-state index contributed by atoms with van der Waals surface area (Å²) in [6, 6.07) is 0.863. The Morgan fingerprint density at radius 3 is 2.56 bits per heavy atom. The van der Waals surface area contributed by atoms with Crippen molar-refractivity contribution in [3.05, 3.63) is 11.1 Å². The molecule has 1 saturated heterocycles. The Morgan fingerprint density at radius 1 is 1.22 bits per heavy atom. The highest BCUT2D eigenvalue weighted by Gasteiger charge is 2.26. The minimum absolute atomic E-state index is 0.526. The Hall–Kier alpha value is -0.320. The Bertz CT molecular complexity index is 381. The van der Waals surface area contributed by atoms with Crippen molar-refractivity contribution in [1.29, 1.82) is 0 Å². The van der Waals surface area contributed by atoms with Crippen LogP contribution in [0.1, 0.15) is 31.4 Å². The van der Waals surface area contributed by atoms with E-state index in [9.17, 15) is 0 Å². The van der Waals surface area contributed by atoms with Crippen LogP contribution in [-0.4, -0.2) is 42.1 Å². The number of hydrogen-bond donors (Lipinski definition) is 0. The second kappa shape index (κ2) is 5.76. The molecular formula is C13H20ClN3S. The number of anilines is 1. The maximum Gasteiger partial charge on any atom is 0.185 e. The molecule has 3 nitrogen and oxygen atoms in total. The van der Waals surface area contributed by atoms with Crippen LogP contribution in [0.3, 0.4) is 0 Å². The van der Waals surface area contributed by atoms with Crippen LogP contribution >= 0.6 is 22.9 Å². The maximum atomic E-state index is 5.81. The van der Waals surface area contributed by atoms with E-state index in [0.29, 0.717) is 5.88 Å². The predicted octanol–water partition coefficient (Wildman–Crippen LogP) is 2.95. The summed E-state index contributed by atoms with van der Waals surface area (Å²) in [6.07, 6.45) is 5.67. The number of nitrogens with zero attached hydrogens (tertiary/aromatic N) is 3. The summed E-state index contributed by atoms with van der Waals surface area (Å²) in [5.41, 5.74) is 1.01. The molecule has 0 unspecified atom stereocenters. The molecule has 2 heterocycles. The first-order valence-electron chi connectivity index (χ1n) is 6.86. The van der Waals surface area contributed by atoms with Gasteiger partial charge in [0.1, 0.15) is 0 Å². The van der Waals surface area contributed by atoms with E-state index in [1.54, 1.807) is 11.3 Å². The second-order valence-electron chi connectivity index (χ2n) is 5.22. The average molecular weight is 286 g/mol. The molecule has 0 aromatic carbocycles. The average Bonchev–Trinajstić information content (AvgIpc) is 3.10. The van der Waals surface area contributed by atoms with E-state index >= 15 is 0 Å². The van der Waals surface area contributed by atoms with Crippen molar-refractivity contribution in [1.82, 2.24) is 9.88 Å². The first kappa shape index (κ1) is 12.7. The topological polar surface area (TPSA) is 19.4 Å². The van der Waals surface area contributed by atoms with Crippen molar-refractivity contribution >= 4 is 28.1 Å². The number of piperazine rings is 1. The minimum Gasteiger partial charge on any atom is -0.346 e. The quantitative estimate of drug-likeness (QED) is 0.796. The van der Waals surface area contributed by atoms with Crippen LogP contribution in [0.5, 0.6) is 0 Å². The number of halogens is 1. The molecule has 1 saturated carbocycles. The van der Waals surface area contributed by atoms with Gasteiger partial charge in [-0.05, 0) is 12.8 Å². The molecule has 0 amide bonds. The minimum atomic E-state index is 0.526. The molecule has 0 radical (unpaired) electrons. The number of alkyl halides is 1. The molecule has 1 aromatic heterocycles. The number of hydrogen-bond acceptors (Lipinski definition) is 4. The number of rotatable bonds is 3. The molecule has 1 aromatic rings. The summed E-state index contributed by atoms with van der Waals surface area (Å²) in [5.74, 6) is 0.526. The van der Waals surface area contributed by atoms with Crippen LogP contribution in [-0.2, 0) is 5.88 Å². The fraction of sp³-hybridized carbons (Fsp3) is 0.769. The molecule has 2 aliphatic rings. The molecule has 0 bridgehead atoms. The molecule has 1 aliphatic carbocycles. The molecule has 5 heteroatoms. The van der Waals surface area contributed by atoms with Gasteiger partial charge in [-0.2, -0.15) is 0 Å². The fourth-order valence-electron chi connectivity index (χ4n) is 3.05. The smallest absolute Gasteiger partial charge is 0.185 e.